The number of aryl methyl sites for hydroxylation is 1. The first-order valence-electron chi connectivity index (χ1n) is 6.21. The van der Waals surface area contributed by atoms with Crippen LogP contribution in [0.2, 0.25) is 0 Å². The molecule has 0 amide bonds. The van der Waals surface area contributed by atoms with Crippen LogP contribution in [-0.2, 0) is 6.42 Å². The predicted octanol–water partition coefficient (Wildman–Crippen LogP) is 3.93. The Bertz CT molecular complexity index is 637. The number of ketones is 1. The first kappa shape index (κ1) is 13.2. The van der Waals surface area contributed by atoms with Crippen LogP contribution >= 0.6 is 11.3 Å². The Morgan fingerprint density at radius 2 is 1.95 bits per heavy atom. The molecule has 20 heavy (non-hydrogen) atoms. The van der Waals surface area contributed by atoms with Gasteiger partial charge in [-0.2, -0.15) is 8.78 Å². The maximum atomic E-state index is 12.1. The second-order valence-electron chi connectivity index (χ2n) is 4.47. The first-order chi connectivity index (χ1) is 9.63. The van der Waals surface area contributed by atoms with Crippen molar-refractivity contribution in [2.24, 2.45) is 0 Å². The van der Waals surface area contributed by atoms with E-state index in [1.165, 1.54) is 23.5 Å². The predicted molar refractivity (Wildman–Crippen MR) is 71.5 cm³/mol. The van der Waals surface area contributed by atoms with Crippen LogP contribution in [0.25, 0.3) is 10.6 Å². The number of hydrogen-bond donors (Lipinski definition) is 0. The Morgan fingerprint density at radius 1 is 1.20 bits per heavy atom. The number of aromatic nitrogens is 1. The Morgan fingerprint density at radius 3 is 2.60 bits per heavy atom. The summed E-state index contributed by atoms with van der Waals surface area (Å²) in [5.41, 5.74) is 1.38. The van der Waals surface area contributed by atoms with Crippen molar-refractivity contribution in [3.8, 4) is 16.3 Å². The van der Waals surface area contributed by atoms with Gasteiger partial charge in [0.15, 0.2) is 5.78 Å². The van der Waals surface area contributed by atoms with E-state index in [0.717, 1.165) is 28.3 Å². The lowest BCUT2D eigenvalue weighted by Crippen LogP contribution is -2.08. The number of alkyl halides is 2. The molecule has 1 aromatic carbocycles. The number of thiazole rings is 1. The van der Waals surface area contributed by atoms with Gasteiger partial charge in [0.25, 0.3) is 0 Å². The highest BCUT2D eigenvalue weighted by Gasteiger charge is 2.22. The fourth-order valence-electron chi connectivity index (χ4n) is 2.17. The molecule has 1 aliphatic rings. The van der Waals surface area contributed by atoms with Crippen molar-refractivity contribution in [1.29, 1.82) is 0 Å². The number of Topliss-reactive ketones (excluding diaryl/α,β-unsaturated/α-hetero) is 1. The van der Waals surface area contributed by atoms with E-state index in [1.807, 2.05) is 0 Å². The summed E-state index contributed by atoms with van der Waals surface area (Å²) in [6.45, 7) is -2.83. The second-order valence-corrected chi connectivity index (χ2v) is 5.55. The van der Waals surface area contributed by atoms with E-state index in [0.29, 0.717) is 12.1 Å². The summed E-state index contributed by atoms with van der Waals surface area (Å²) in [6.07, 6.45) is 2.30. The van der Waals surface area contributed by atoms with E-state index in [1.54, 1.807) is 12.1 Å². The molecule has 3 rings (SSSR count). The molecule has 0 unspecified atom stereocenters. The molecule has 0 fully saturated rings. The molecule has 0 spiro atoms. The van der Waals surface area contributed by atoms with Gasteiger partial charge in [0.2, 0.25) is 0 Å². The fraction of sp³-hybridized carbons (Fsp3) is 0.286. The minimum atomic E-state index is -2.83. The van der Waals surface area contributed by atoms with E-state index in [2.05, 4.69) is 9.72 Å². The number of halogens is 2. The number of hydrogen-bond acceptors (Lipinski definition) is 4. The fourth-order valence-corrected chi connectivity index (χ4v) is 3.30. The number of nitrogens with zero attached hydrogens (tertiary/aromatic N) is 1. The van der Waals surface area contributed by atoms with Crippen LogP contribution in [0.5, 0.6) is 5.75 Å². The largest absolute Gasteiger partial charge is 0.435 e. The average molecular weight is 295 g/mol. The second kappa shape index (κ2) is 5.28. The van der Waals surface area contributed by atoms with Gasteiger partial charge >= 0.3 is 6.61 Å². The normalized spacial score (nSPS) is 14.4. The zero-order chi connectivity index (χ0) is 14.1. The van der Waals surface area contributed by atoms with Gasteiger partial charge in [-0.05, 0) is 37.1 Å². The SMILES string of the molecule is O=C1CCCc2sc(-c3ccc(OC(F)F)cc3)nc21. The molecular formula is C14H11F2NO2S. The molecule has 0 saturated heterocycles. The van der Waals surface area contributed by atoms with Crippen LogP contribution in [0.3, 0.4) is 0 Å². The summed E-state index contributed by atoms with van der Waals surface area (Å²) in [4.78, 5) is 17.1. The van der Waals surface area contributed by atoms with Crippen LogP contribution in [0.1, 0.15) is 28.2 Å². The van der Waals surface area contributed by atoms with Gasteiger partial charge in [0.1, 0.15) is 16.5 Å². The third kappa shape index (κ3) is 2.56. The maximum absolute atomic E-state index is 12.1. The molecule has 0 N–H and O–H groups in total. The van der Waals surface area contributed by atoms with E-state index in [9.17, 15) is 13.6 Å². The van der Waals surface area contributed by atoms with Crippen LogP contribution in [0, 0.1) is 0 Å². The Balaban J connectivity index is 1.88. The van der Waals surface area contributed by atoms with E-state index < -0.39 is 6.61 Å². The summed E-state index contributed by atoms with van der Waals surface area (Å²) in [5.74, 6) is 0.201. The molecule has 0 saturated carbocycles. The summed E-state index contributed by atoms with van der Waals surface area (Å²) in [7, 11) is 0. The van der Waals surface area contributed by atoms with Gasteiger partial charge in [-0.15, -0.1) is 11.3 Å². The number of benzene rings is 1. The molecule has 0 atom stereocenters. The number of rotatable bonds is 3. The summed E-state index contributed by atoms with van der Waals surface area (Å²) >= 11 is 1.49. The maximum Gasteiger partial charge on any atom is 0.387 e. The van der Waals surface area contributed by atoms with Gasteiger partial charge in [0, 0.05) is 16.9 Å². The third-order valence-electron chi connectivity index (χ3n) is 3.10. The van der Waals surface area contributed by atoms with Crippen molar-refractivity contribution in [3.63, 3.8) is 0 Å². The molecule has 6 heteroatoms. The number of fused-ring (bicyclic) bond motifs is 1. The van der Waals surface area contributed by atoms with Crippen molar-refractivity contribution >= 4 is 17.1 Å². The van der Waals surface area contributed by atoms with Gasteiger partial charge in [0.05, 0.1) is 0 Å². The molecule has 0 aliphatic heterocycles. The highest BCUT2D eigenvalue weighted by atomic mass is 32.1. The van der Waals surface area contributed by atoms with Crippen molar-refractivity contribution in [2.45, 2.75) is 25.9 Å². The first-order valence-corrected chi connectivity index (χ1v) is 7.03. The topological polar surface area (TPSA) is 39.2 Å². The molecular weight excluding hydrogens is 284 g/mol. The quantitative estimate of drug-likeness (QED) is 0.861. The highest BCUT2D eigenvalue weighted by molar-refractivity contribution is 7.15. The van der Waals surface area contributed by atoms with Crippen LogP contribution < -0.4 is 4.74 Å². The van der Waals surface area contributed by atoms with Gasteiger partial charge in [-0.3, -0.25) is 4.79 Å². The molecule has 0 bridgehead atoms. The monoisotopic (exact) mass is 295 g/mol. The van der Waals surface area contributed by atoms with Crippen LogP contribution in [0.15, 0.2) is 24.3 Å². The highest BCUT2D eigenvalue weighted by Crippen LogP contribution is 2.33. The van der Waals surface area contributed by atoms with E-state index in [4.69, 9.17) is 0 Å². The van der Waals surface area contributed by atoms with Crippen LogP contribution in [-0.4, -0.2) is 17.4 Å². The third-order valence-corrected chi connectivity index (χ3v) is 4.26. The minimum absolute atomic E-state index is 0.0893. The average Bonchev–Trinajstić information content (AvgIpc) is 2.84. The zero-order valence-electron chi connectivity index (χ0n) is 10.4. The number of carbonyl (C=O) groups excluding carboxylic acids is 1. The van der Waals surface area contributed by atoms with Gasteiger partial charge < -0.3 is 4.74 Å². The Hall–Kier alpha value is -1.82. The molecule has 104 valence electrons. The standard InChI is InChI=1S/C14H11F2NO2S/c15-14(16)19-9-6-4-8(5-7-9)13-17-12-10(18)2-1-3-11(12)20-13/h4-7,14H,1-3H2. The molecule has 0 radical (unpaired) electrons. The van der Waals surface area contributed by atoms with Gasteiger partial charge in [-0.1, -0.05) is 0 Å². The molecule has 2 aromatic rings. The number of ether oxygens (including phenoxy) is 1. The summed E-state index contributed by atoms with van der Waals surface area (Å²) in [6, 6.07) is 6.30. The molecule has 1 heterocycles. The van der Waals surface area contributed by atoms with Gasteiger partial charge in [-0.25, -0.2) is 4.98 Å². The lowest BCUT2D eigenvalue weighted by atomic mass is 10.0. The Labute approximate surface area is 118 Å². The van der Waals surface area contributed by atoms with Crippen molar-refractivity contribution in [3.05, 3.63) is 34.8 Å². The minimum Gasteiger partial charge on any atom is -0.435 e. The smallest absolute Gasteiger partial charge is 0.387 e. The van der Waals surface area contributed by atoms with E-state index in [-0.39, 0.29) is 11.5 Å². The summed E-state index contributed by atoms with van der Waals surface area (Å²) in [5, 5.41) is 0.744. The van der Waals surface area contributed by atoms with Crippen molar-refractivity contribution in [2.75, 3.05) is 0 Å². The van der Waals surface area contributed by atoms with Crippen LogP contribution in [0.4, 0.5) is 8.78 Å². The summed E-state index contributed by atoms with van der Waals surface area (Å²) < 4.78 is 28.4. The zero-order valence-corrected chi connectivity index (χ0v) is 11.3. The molecule has 1 aromatic heterocycles. The number of carbonyl (C=O) groups is 1. The van der Waals surface area contributed by atoms with Crippen molar-refractivity contribution in [1.82, 2.24) is 4.98 Å². The lowest BCUT2D eigenvalue weighted by Gasteiger charge is -2.06. The Kier molecular flexibility index (Phi) is 3.48. The lowest BCUT2D eigenvalue weighted by molar-refractivity contribution is -0.0498. The van der Waals surface area contributed by atoms with E-state index >= 15 is 0 Å². The molecule has 3 nitrogen and oxygen atoms in total. The molecule has 1 aliphatic carbocycles. The van der Waals surface area contributed by atoms with Crippen molar-refractivity contribution < 1.29 is 18.3 Å².